The summed E-state index contributed by atoms with van der Waals surface area (Å²) in [7, 11) is -10.5. The van der Waals surface area contributed by atoms with E-state index in [1.54, 1.807) is 30.3 Å². The van der Waals surface area contributed by atoms with Crippen LogP contribution in [0.4, 0.5) is 48.3 Å². The first-order valence-electron chi connectivity index (χ1n) is 12.0. The molecule has 1 heterocycles. The molecule has 0 fully saturated rings. The Bertz CT molecular complexity index is 1730. The Hall–Kier alpha value is -3.14. The van der Waals surface area contributed by atoms with E-state index in [-0.39, 0.29) is 14.7 Å². The minimum Gasteiger partial charge on any atom is -0.490 e. The van der Waals surface area contributed by atoms with E-state index in [2.05, 4.69) is 9.47 Å². The number of alkyl halides is 11. The SMILES string of the molecule is O=S1c2cc(OCC(O)(C(F)(F)F)C(F)(F)F)ccc2[S+](c2ccccc2)c2ccc(OC(C(F)(F)F)C(F)(F)S(=O)(=O)O)cc21. The number of hydrogen-bond acceptors (Lipinski definition) is 6. The molecule has 0 aromatic heterocycles. The van der Waals surface area contributed by atoms with Gasteiger partial charge in [-0.15, -0.1) is 0 Å². The average molecular weight is 734 g/mol. The third kappa shape index (κ3) is 6.51. The van der Waals surface area contributed by atoms with Crippen LogP contribution in [0, 0.1) is 0 Å². The number of rotatable bonds is 8. The maximum atomic E-state index is 14.1. The Morgan fingerprint density at radius 2 is 1.24 bits per heavy atom. The molecule has 21 heteroatoms. The minimum atomic E-state index is -6.67. The molecule has 1 aliphatic heterocycles. The van der Waals surface area contributed by atoms with Gasteiger partial charge in [-0.05, 0) is 36.4 Å². The summed E-state index contributed by atoms with van der Waals surface area (Å²) in [5.41, 5.74) is -5.30. The highest BCUT2D eigenvalue weighted by atomic mass is 32.2. The van der Waals surface area contributed by atoms with Gasteiger partial charge in [-0.2, -0.15) is 56.7 Å². The molecule has 46 heavy (non-hydrogen) atoms. The highest BCUT2D eigenvalue weighted by Crippen LogP contribution is 2.47. The number of aliphatic hydroxyl groups is 1. The largest absolute Gasteiger partial charge is 0.490 e. The summed E-state index contributed by atoms with van der Waals surface area (Å²) in [5.74, 6) is -1.83. The van der Waals surface area contributed by atoms with Crippen molar-refractivity contribution in [3.63, 3.8) is 0 Å². The second-order valence-electron chi connectivity index (χ2n) is 9.33. The van der Waals surface area contributed by atoms with Gasteiger partial charge in [-0.1, -0.05) is 18.2 Å². The summed E-state index contributed by atoms with van der Waals surface area (Å²) in [6.45, 7) is -2.37. The van der Waals surface area contributed by atoms with Crippen LogP contribution in [0.15, 0.2) is 91.2 Å². The second kappa shape index (κ2) is 11.8. The lowest BCUT2D eigenvalue weighted by atomic mass is 10.0. The van der Waals surface area contributed by atoms with Crippen molar-refractivity contribution in [2.45, 2.75) is 60.0 Å². The van der Waals surface area contributed by atoms with Crippen LogP contribution in [0.3, 0.4) is 0 Å². The summed E-state index contributed by atoms with van der Waals surface area (Å²) in [6, 6.07) is 13.0. The normalized spacial score (nSPS) is 18.4. The first-order valence-corrected chi connectivity index (χ1v) is 15.8. The van der Waals surface area contributed by atoms with E-state index in [1.165, 1.54) is 0 Å². The van der Waals surface area contributed by atoms with E-state index < -0.39 is 90.3 Å². The number of halogens is 11. The van der Waals surface area contributed by atoms with Crippen molar-refractivity contribution >= 4 is 31.8 Å². The van der Waals surface area contributed by atoms with Gasteiger partial charge >= 0.3 is 33.9 Å². The summed E-state index contributed by atoms with van der Waals surface area (Å²) < 4.78 is 201. The molecule has 0 spiro atoms. The number of ether oxygens (including phenoxy) is 2. The molecule has 2 N–H and O–H groups in total. The van der Waals surface area contributed by atoms with E-state index in [9.17, 15) is 66.0 Å². The van der Waals surface area contributed by atoms with Crippen molar-refractivity contribution in [3.8, 4) is 11.5 Å². The molecule has 3 unspecified atom stereocenters. The Balaban J connectivity index is 1.81. The first kappa shape index (κ1) is 35.7. The quantitative estimate of drug-likeness (QED) is 0.125. The fourth-order valence-corrected chi connectivity index (χ4v) is 8.62. The monoisotopic (exact) mass is 733 g/mol. The van der Waals surface area contributed by atoms with Gasteiger partial charge < -0.3 is 14.6 Å². The lowest BCUT2D eigenvalue weighted by Crippen LogP contribution is -2.60. The molecule has 7 nitrogen and oxygen atoms in total. The maximum Gasteiger partial charge on any atom is 0.432 e. The van der Waals surface area contributed by atoms with E-state index in [0.717, 1.165) is 30.3 Å². The van der Waals surface area contributed by atoms with Crippen LogP contribution in [0.5, 0.6) is 11.5 Å². The van der Waals surface area contributed by atoms with Crippen molar-refractivity contribution in [1.29, 1.82) is 0 Å². The topological polar surface area (TPSA) is 110 Å². The third-order valence-corrected chi connectivity index (χ3v) is 11.2. The molecule has 0 saturated carbocycles. The van der Waals surface area contributed by atoms with E-state index >= 15 is 0 Å². The average Bonchev–Trinajstić information content (AvgIpc) is 2.93. The lowest BCUT2D eigenvalue weighted by Gasteiger charge is -2.32. The standard InChI is InChI=1S/C25H15F11O7S3/c26-22(27,28)20(23(29,30)46(39,40)41)43-14-7-9-17-19(11-14)45(38)18-10-13(42-12-21(37,24(31,32)33)25(34,35)36)6-8-16(18)44(17)15-4-2-1-3-5-15/h1-11,20,37H,12H2/p+1. The summed E-state index contributed by atoms with van der Waals surface area (Å²) >= 11 is 0. The first-order chi connectivity index (χ1) is 20.9. The molecule has 3 aromatic rings. The maximum absolute atomic E-state index is 14.1. The smallest absolute Gasteiger partial charge is 0.432 e. The molecular formula is C25H16F11O7S3+. The van der Waals surface area contributed by atoms with Crippen LogP contribution in [-0.2, 0) is 31.8 Å². The fourth-order valence-electron chi connectivity index (χ4n) is 3.92. The molecule has 0 aliphatic carbocycles. The summed E-state index contributed by atoms with van der Waals surface area (Å²) in [5, 5.41) is 3.49. The lowest BCUT2D eigenvalue weighted by molar-refractivity contribution is -0.373. The van der Waals surface area contributed by atoms with Gasteiger partial charge in [0.2, 0.25) is 0 Å². The molecule has 3 atom stereocenters. The van der Waals surface area contributed by atoms with Crippen LogP contribution in [-0.4, -0.2) is 64.4 Å². The fraction of sp³-hybridized carbons (Fsp3) is 0.280. The molecule has 4 rings (SSSR count). The molecule has 3 aromatic carbocycles. The third-order valence-electron chi connectivity index (χ3n) is 6.23. The molecule has 252 valence electrons. The zero-order valence-electron chi connectivity index (χ0n) is 22.0. The number of fused-ring (bicyclic) bond motifs is 2. The van der Waals surface area contributed by atoms with E-state index in [1.807, 2.05) is 0 Å². The van der Waals surface area contributed by atoms with Gasteiger partial charge in [0.25, 0.3) is 11.7 Å². The number of hydrogen-bond donors (Lipinski definition) is 2. The molecule has 0 amide bonds. The van der Waals surface area contributed by atoms with Crippen molar-refractivity contribution < 1.29 is 80.1 Å². The summed E-state index contributed by atoms with van der Waals surface area (Å²) in [4.78, 5) is 0.0105. The molecule has 0 radical (unpaired) electrons. The van der Waals surface area contributed by atoms with Gasteiger partial charge in [0, 0.05) is 12.1 Å². The molecule has 0 saturated heterocycles. The minimum absolute atomic E-state index is 0.117. The van der Waals surface area contributed by atoms with Crippen molar-refractivity contribution in [3.05, 3.63) is 66.7 Å². The van der Waals surface area contributed by atoms with E-state index in [4.69, 9.17) is 4.55 Å². The molecular weight excluding hydrogens is 717 g/mol. The predicted molar refractivity (Wildman–Crippen MR) is 136 cm³/mol. The van der Waals surface area contributed by atoms with Gasteiger partial charge in [0.15, 0.2) is 14.7 Å². The zero-order valence-corrected chi connectivity index (χ0v) is 24.4. The Morgan fingerprint density at radius 1 is 0.761 bits per heavy atom. The van der Waals surface area contributed by atoms with Crippen LogP contribution in [0.2, 0.25) is 0 Å². The van der Waals surface area contributed by atoms with E-state index in [0.29, 0.717) is 11.0 Å². The Kier molecular flexibility index (Phi) is 9.18. The van der Waals surface area contributed by atoms with Crippen molar-refractivity contribution in [2.75, 3.05) is 6.61 Å². The molecule has 0 bridgehead atoms. The van der Waals surface area contributed by atoms with Gasteiger partial charge in [-0.25, -0.2) is 4.21 Å². The predicted octanol–water partition coefficient (Wildman–Crippen LogP) is 6.29. The Labute approximate surface area is 256 Å². The van der Waals surface area contributed by atoms with Crippen LogP contribution < -0.4 is 9.47 Å². The summed E-state index contributed by atoms with van der Waals surface area (Å²) in [6.07, 6.45) is -23.0. The van der Waals surface area contributed by atoms with Gasteiger partial charge in [0.05, 0.1) is 10.8 Å². The number of benzene rings is 3. The van der Waals surface area contributed by atoms with Crippen LogP contribution in [0.1, 0.15) is 0 Å². The zero-order chi connectivity index (χ0) is 34.7. The van der Waals surface area contributed by atoms with Crippen LogP contribution in [0.25, 0.3) is 0 Å². The van der Waals surface area contributed by atoms with Crippen LogP contribution >= 0.6 is 0 Å². The Morgan fingerprint density at radius 3 is 1.70 bits per heavy atom. The highest BCUT2D eigenvalue weighted by Gasteiger charge is 2.71. The van der Waals surface area contributed by atoms with Gasteiger partial charge in [0.1, 0.15) is 38.8 Å². The molecule has 1 aliphatic rings. The highest BCUT2D eigenvalue weighted by molar-refractivity contribution is 7.99. The van der Waals surface area contributed by atoms with Crippen molar-refractivity contribution in [2.24, 2.45) is 0 Å². The van der Waals surface area contributed by atoms with Gasteiger partial charge in [-0.3, -0.25) is 4.55 Å². The van der Waals surface area contributed by atoms with Crippen molar-refractivity contribution in [1.82, 2.24) is 0 Å². The second-order valence-corrected chi connectivity index (χ2v) is 14.2.